The van der Waals surface area contributed by atoms with Gasteiger partial charge in [0, 0.05) is 10.7 Å². The van der Waals surface area contributed by atoms with E-state index in [1.807, 2.05) is 24.3 Å². The number of nitrogens with one attached hydrogen (secondary N) is 2. The number of unbranched alkanes of at least 4 members (excludes halogenated alkanes) is 1. The summed E-state index contributed by atoms with van der Waals surface area (Å²) in [5, 5.41) is 3.40. The van der Waals surface area contributed by atoms with Crippen molar-refractivity contribution in [2.75, 3.05) is 10.0 Å². The Balaban J connectivity index is 1.70. The summed E-state index contributed by atoms with van der Waals surface area (Å²) in [6, 6.07) is 13.5. The minimum Gasteiger partial charge on any atom is -0.321 e. The van der Waals surface area contributed by atoms with E-state index in [-0.39, 0.29) is 15.9 Å². The van der Waals surface area contributed by atoms with Crippen LogP contribution in [0.4, 0.5) is 10.8 Å². The van der Waals surface area contributed by atoms with Crippen LogP contribution in [-0.2, 0) is 16.4 Å². The molecule has 0 spiro atoms. The van der Waals surface area contributed by atoms with E-state index < -0.39 is 10.0 Å². The van der Waals surface area contributed by atoms with Gasteiger partial charge in [-0.2, -0.15) is 0 Å². The lowest BCUT2D eigenvalue weighted by Crippen LogP contribution is -2.12. The van der Waals surface area contributed by atoms with E-state index in [0.717, 1.165) is 30.6 Å². The number of nitrogens with zero attached hydrogens (tertiary/aromatic N) is 1. The molecule has 3 rings (SSSR count). The fourth-order valence-corrected chi connectivity index (χ4v) is 4.98. The van der Waals surface area contributed by atoms with Gasteiger partial charge in [0.15, 0.2) is 5.13 Å². The molecule has 30 heavy (non-hydrogen) atoms. The number of carbonyl (C=O) groups is 1. The van der Waals surface area contributed by atoms with Gasteiger partial charge in [-0.15, -0.1) is 0 Å². The first kappa shape index (κ1) is 22.3. The highest BCUT2D eigenvalue weighted by Crippen LogP contribution is 2.26. The Morgan fingerprint density at radius 3 is 2.40 bits per heavy atom. The number of amides is 1. The molecule has 1 amide bonds. The fraction of sp³-hybridized carbons (Fsp3) is 0.238. The van der Waals surface area contributed by atoms with Gasteiger partial charge in [0.05, 0.1) is 10.6 Å². The summed E-state index contributed by atoms with van der Waals surface area (Å²) in [5.41, 5.74) is 2.35. The van der Waals surface area contributed by atoms with Crippen molar-refractivity contribution in [3.05, 3.63) is 69.7 Å². The van der Waals surface area contributed by atoms with E-state index in [0.29, 0.717) is 21.3 Å². The van der Waals surface area contributed by atoms with Crippen LogP contribution in [0.1, 0.15) is 40.7 Å². The lowest BCUT2D eigenvalue weighted by molar-refractivity contribution is 0.103. The maximum atomic E-state index is 12.6. The molecule has 0 saturated heterocycles. The van der Waals surface area contributed by atoms with Crippen LogP contribution in [0.2, 0.25) is 5.02 Å². The number of carbonyl (C=O) groups excluding carboxylic acids is 1. The van der Waals surface area contributed by atoms with Gasteiger partial charge >= 0.3 is 0 Å². The SMILES string of the molecule is CCCCc1ccc(NC(=O)c2sc(NS(=O)(=O)c3ccc(Cl)cc3)nc2C)cc1. The second kappa shape index (κ2) is 9.59. The Morgan fingerprint density at radius 1 is 1.10 bits per heavy atom. The number of anilines is 2. The van der Waals surface area contributed by atoms with E-state index in [4.69, 9.17) is 11.6 Å². The highest BCUT2D eigenvalue weighted by atomic mass is 35.5. The zero-order chi connectivity index (χ0) is 21.7. The summed E-state index contributed by atoms with van der Waals surface area (Å²) < 4.78 is 27.4. The van der Waals surface area contributed by atoms with Crippen LogP contribution in [0.15, 0.2) is 53.4 Å². The van der Waals surface area contributed by atoms with Crippen molar-refractivity contribution in [3.8, 4) is 0 Å². The molecule has 2 aromatic carbocycles. The van der Waals surface area contributed by atoms with Gasteiger partial charge < -0.3 is 5.32 Å². The minimum absolute atomic E-state index is 0.0638. The molecular weight excluding hydrogens is 442 g/mol. The Hall–Kier alpha value is -2.42. The maximum absolute atomic E-state index is 12.6. The number of aromatic nitrogens is 1. The highest BCUT2D eigenvalue weighted by Gasteiger charge is 2.20. The molecule has 9 heteroatoms. The van der Waals surface area contributed by atoms with Gasteiger partial charge in [-0.05, 0) is 61.7 Å². The lowest BCUT2D eigenvalue weighted by atomic mass is 10.1. The van der Waals surface area contributed by atoms with Gasteiger partial charge in [0.1, 0.15) is 4.88 Å². The van der Waals surface area contributed by atoms with Gasteiger partial charge in [0.25, 0.3) is 15.9 Å². The molecule has 0 bridgehead atoms. The summed E-state index contributed by atoms with van der Waals surface area (Å²) >= 11 is 6.79. The molecular formula is C21H22ClN3O3S2. The minimum atomic E-state index is -3.82. The zero-order valence-corrected chi connectivity index (χ0v) is 19.0. The average Bonchev–Trinajstić information content (AvgIpc) is 3.07. The number of sulfonamides is 1. The van der Waals surface area contributed by atoms with Crippen molar-refractivity contribution < 1.29 is 13.2 Å². The Morgan fingerprint density at radius 2 is 1.77 bits per heavy atom. The van der Waals surface area contributed by atoms with Gasteiger partial charge in [0.2, 0.25) is 0 Å². The Bertz CT molecular complexity index is 1130. The molecule has 3 aromatic rings. The second-order valence-electron chi connectivity index (χ2n) is 6.75. The molecule has 0 fully saturated rings. The zero-order valence-electron chi connectivity index (χ0n) is 16.6. The van der Waals surface area contributed by atoms with Crippen LogP contribution in [0, 0.1) is 6.92 Å². The molecule has 6 nitrogen and oxygen atoms in total. The largest absolute Gasteiger partial charge is 0.321 e. The summed E-state index contributed by atoms with van der Waals surface area (Å²) in [5.74, 6) is -0.330. The number of aryl methyl sites for hydroxylation is 2. The molecule has 0 aliphatic carbocycles. The lowest BCUT2D eigenvalue weighted by Gasteiger charge is -2.06. The highest BCUT2D eigenvalue weighted by molar-refractivity contribution is 7.93. The van der Waals surface area contributed by atoms with Crippen molar-refractivity contribution in [3.63, 3.8) is 0 Å². The standard InChI is InChI=1S/C21H22ClN3O3S2/c1-3-4-5-15-6-10-17(11-7-15)24-20(26)19-14(2)23-21(29-19)25-30(27,28)18-12-8-16(22)9-13-18/h6-13H,3-5H2,1-2H3,(H,23,25)(H,24,26). The first-order valence-electron chi connectivity index (χ1n) is 9.44. The molecule has 158 valence electrons. The van der Waals surface area contributed by atoms with E-state index in [1.54, 1.807) is 6.92 Å². The summed E-state index contributed by atoms with van der Waals surface area (Å²) in [6.07, 6.45) is 3.27. The van der Waals surface area contributed by atoms with E-state index >= 15 is 0 Å². The topological polar surface area (TPSA) is 88.2 Å². The molecule has 0 aliphatic heterocycles. The van der Waals surface area contributed by atoms with Crippen molar-refractivity contribution in [2.45, 2.75) is 38.0 Å². The molecule has 1 aromatic heterocycles. The van der Waals surface area contributed by atoms with E-state index in [1.165, 1.54) is 29.8 Å². The van der Waals surface area contributed by atoms with Gasteiger partial charge in [-0.25, -0.2) is 13.4 Å². The number of thiazole rings is 1. The smallest absolute Gasteiger partial charge is 0.267 e. The Kier molecular flexibility index (Phi) is 7.12. The fourth-order valence-electron chi connectivity index (χ4n) is 2.76. The molecule has 0 aliphatic rings. The third-order valence-corrected chi connectivity index (χ3v) is 7.19. The third-order valence-electron chi connectivity index (χ3n) is 4.38. The molecule has 0 atom stereocenters. The van der Waals surface area contributed by atoms with Gasteiger partial charge in [-0.3, -0.25) is 9.52 Å². The van der Waals surface area contributed by atoms with Crippen molar-refractivity contribution >= 4 is 49.7 Å². The number of benzene rings is 2. The van der Waals surface area contributed by atoms with Crippen LogP contribution in [-0.4, -0.2) is 19.3 Å². The predicted molar refractivity (Wildman–Crippen MR) is 122 cm³/mol. The molecule has 1 heterocycles. The second-order valence-corrected chi connectivity index (χ2v) is 9.87. The van der Waals surface area contributed by atoms with Crippen LogP contribution in [0.5, 0.6) is 0 Å². The number of hydrogen-bond acceptors (Lipinski definition) is 5. The number of rotatable bonds is 8. The first-order valence-corrected chi connectivity index (χ1v) is 12.1. The summed E-state index contributed by atoms with van der Waals surface area (Å²) in [4.78, 5) is 17.2. The quantitative estimate of drug-likeness (QED) is 0.461. The van der Waals surface area contributed by atoms with Crippen LogP contribution in [0.3, 0.4) is 0 Å². The molecule has 0 saturated carbocycles. The summed E-state index contributed by atoms with van der Waals surface area (Å²) in [7, 11) is -3.82. The van der Waals surface area contributed by atoms with Crippen LogP contribution < -0.4 is 10.0 Å². The predicted octanol–water partition coefficient (Wildman–Crippen LogP) is 5.50. The average molecular weight is 464 g/mol. The molecule has 0 unspecified atom stereocenters. The van der Waals surface area contributed by atoms with Crippen LogP contribution in [0.25, 0.3) is 0 Å². The third kappa shape index (κ3) is 5.59. The number of halogens is 1. The van der Waals surface area contributed by atoms with Gasteiger partial charge in [-0.1, -0.05) is 48.4 Å². The maximum Gasteiger partial charge on any atom is 0.267 e. The van der Waals surface area contributed by atoms with E-state index in [2.05, 4.69) is 21.9 Å². The molecule has 2 N–H and O–H groups in total. The monoisotopic (exact) mass is 463 g/mol. The van der Waals surface area contributed by atoms with Crippen molar-refractivity contribution in [1.82, 2.24) is 4.98 Å². The summed E-state index contributed by atoms with van der Waals surface area (Å²) in [6.45, 7) is 3.81. The van der Waals surface area contributed by atoms with E-state index in [9.17, 15) is 13.2 Å². The van der Waals surface area contributed by atoms with Crippen molar-refractivity contribution in [1.29, 1.82) is 0 Å². The molecule has 0 radical (unpaired) electrons. The van der Waals surface area contributed by atoms with Crippen LogP contribution >= 0.6 is 22.9 Å². The Labute approximate surface area is 185 Å². The van der Waals surface area contributed by atoms with Crippen molar-refractivity contribution in [2.24, 2.45) is 0 Å². The number of hydrogen-bond donors (Lipinski definition) is 2. The normalized spacial score (nSPS) is 11.3. The first-order chi connectivity index (χ1) is 14.3.